The van der Waals surface area contributed by atoms with Crippen LogP contribution in [0.25, 0.3) is 0 Å². The molecule has 0 bridgehead atoms. The second-order valence-electron chi connectivity index (χ2n) is 2.27. The van der Waals surface area contributed by atoms with Gasteiger partial charge in [0, 0.05) is 5.75 Å². The van der Waals surface area contributed by atoms with Crippen LogP contribution in [0, 0.1) is 12.3 Å². The van der Waals surface area contributed by atoms with Gasteiger partial charge in [0.1, 0.15) is 6.04 Å². The lowest BCUT2D eigenvalue weighted by molar-refractivity contribution is -0.145. The summed E-state index contributed by atoms with van der Waals surface area (Å²) >= 11 is 1.39. The number of carboxylic acids is 1. The number of thioether (sulfide) groups is 1. The first-order chi connectivity index (χ1) is 5.66. The van der Waals surface area contributed by atoms with E-state index in [1.54, 1.807) is 0 Å². The Balaban J connectivity index is 2.72. The molecule has 0 radical (unpaired) electrons. The number of nitrogens with zero attached hydrogens (tertiary/aromatic N) is 1. The van der Waals surface area contributed by atoms with Crippen LogP contribution in [0.5, 0.6) is 0 Å². The van der Waals surface area contributed by atoms with Gasteiger partial charge in [0.25, 0.3) is 5.91 Å². The van der Waals surface area contributed by atoms with E-state index in [0.29, 0.717) is 11.6 Å². The molecule has 0 aromatic heterocycles. The number of hydrogen-bond donors (Lipinski definition) is 1. The maximum Gasteiger partial charge on any atom is 0.327 e. The molecule has 1 amide bonds. The van der Waals surface area contributed by atoms with Gasteiger partial charge in [0.15, 0.2) is 0 Å². The van der Waals surface area contributed by atoms with Gasteiger partial charge in [-0.3, -0.25) is 4.79 Å². The molecule has 1 atom stereocenters. The fourth-order valence-corrected chi connectivity index (χ4v) is 2.08. The summed E-state index contributed by atoms with van der Waals surface area (Å²) in [6, 6.07) is -0.751. The van der Waals surface area contributed by atoms with E-state index in [9.17, 15) is 9.59 Å². The maximum atomic E-state index is 10.9. The van der Waals surface area contributed by atoms with Crippen LogP contribution in [0.4, 0.5) is 0 Å². The van der Waals surface area contributed by atoms with E-state index in [1.807, 2.05) is 5.92 Å². The fraction of sp³-hybridized carbons (Fsp3) is 0.429. The van der Waals surface area contributed by atoms with Crippen molar-refractivity contribution in [3.05, 3.63) is 0 Å². The highest BCUT2D eigenvalue weighted by Crippen LogP contribution is 2.20. The molecule has 1 rings (SSSR count). The van der Waals surface area contributed by atoms with Gasteiger partial charge in [-0.25, -0.2) is 4.79 Å². The van der Waals surface area contributed by atoms with Crippen molar-refractivity contribution < 1.29 is 14.7 Å². The highest BCUT2D eigenvalue weighted by Gasteiger charge is 2.33. The van der Waals surface area contributed by atoms with Crippen LogP contribution in [-0.4, -0.2) is 39.6 Å². The van der Waals surface area contributed by atoms with E-state index in [0.717, 1.165) is 0 Å². The van der Waals surface area contributed by atoms with Crippen LogP contribution >= 0.6 is 11.8 Å². The molecule has 1 N–H and O–H groups in total. The second kappa shape index (κ2) is 3.50. The second-order valence-corrected chi connectivity index (χ2v) is 3.27. The summed E-state index contributed by atoms with van der Waals surface area (Å²) in [5.74, 6) is 1.15. The predicted octanol–water partition coefficient (Wildman–Crippen LogP) is -0.394. The van der Waals surface area contributed by atoms with Crippen molar-refractivity contribution in [2.24, 2.45) is 0 Å². The number of hydrogen-bond acceptors (Lipinski definition) is 3. The molecule has 0 aromatic rings. The highest BCUT2D eigenvalue weighted by molar-refractivity contribution is 7.99. The monoisotopic (exact) mass is 185 g/mol. The van der Waals surface area contributed by atoms with Crippen molar-refractivity contribution in [2.75, 3.05) is 11.6 Å². The lowest BCUT2D eigenvalue weighted by Crippen LogP contribution is -2.41. The SMILES string of the molecule is C#CC(=O)N1CSC[C@H]1C(=O)O. The quantitative estimate of drug-likeness (QED) is 0.565. The number of carbonyl (C=O) groups excluding carboxylic acids is 1. The van der Waals surface area contributed by atoms with Gasteiger partial charge in [-0.05, 0) is 5.92 Å². The zero-order valence-corrected chi connectivity index (χ0v) is 7.00. The number of carbonyl (C=O) groups is 2. The normalized spacial score (nSPS) is 21.9. The van der Waals surface area contributed by atoms with Crippen molar-refractivity contribution in [2.45, 2.75) is 6.04 Å². The molecule has 1 fully saturated rings. The number of amides is 1. The average Bonchev–Trinajstić information content (AvgIpc) is 2.50. The summed E-state index contributed by atoms with van der Waals surface area (Å²) in [7, 11) is 0. The first-order valence-corrected chi connectivity index (χ1v) is 4.40. The molecule has 0 aromatic carbocycles. The summed E-state index contributed by atoms with van der Waals surface area (Å²) in [4.78, 5) is 22.7. The van der Waals surface area contributed by atoms with Crippen LogP contribution in [0.2, 0.25) is 0 Å². The first-order valence-electron chi connectivity index (χ1n) is 3.24. The molecule has 0 aliphatic carbocycles. The summed E-state index contributed by atoms with van der Waals surface area (Å²) in [6.07, 6.45) is 4.87. The molecule has 0 saturated carbocycles. The Morgan fingerprint density at radius 3 is 2.83 bits per heavy atom. The lowest BCUT2D eigenvalue weighted by Gasteiger charge is -2.16. The summed E-state index contributed by atoms with van der Waals surface area (Å²) < 4.78 is 0. The van der Waals surface area contributed by atoms with Crippen LogP contribution in [0.1, 0.15) is 0 Å². The molecule has 64 valence electrons. The highest BCUT2D eigenvalue weighted by atomic mass is 32.2. The Hall–Kier alpha value is -1.15. The van der Waals surface area contributed by atoms with Crippen LogP contribution in [0.3, 0.4) is 0 Å². The third-order valence-electron chi connectivity index (χ3n) is 1.55. The van der Waals surface area contributed by atoms with E-state index in [4.69, 9.17) is 11.5 Å². The fourth-order valence-electron chi connectivity index (χ4n) is 0.930. The molecule has 12 heavy (non-hydrogen) atoms. The zero-order chi connectivity index (χ0) is 9.14. The van der Waals surface area contributed by atoms with Crippen molar-refractivity contribution in [1.29, 1.82) is 0 Å². The third-order valence-corrected chi connectivity index (χ3v) is 2.56. The minimum absolute atomic E-state index is 0.375. The van der Waals surface area contributed by atoms with Gasteiger partial charge < -0.3 is 10.0 Å². The minimum atomic E-state index is -0.997. The Kier molecular flexibility index (Phi) is 2.61. The molecule has 0 unspecified atom stereocenters. The van der Waals surface area contributed by atoms with Gasteiger partial charge >= 0.3 is 5.97 Å². The van der Waals surface area contributed by atoms with Crippen molar-refractivity contribution >= 4 is 23.6 Å². The van der Waals surface area contributed by atoms with Gasteiger partial charge in [-0.1, -0.05) is 0 Å². The minimum Gasteiger partial charge on any atom is -0.480 e. The molecule has 1 aliphatic heterocycles. The lowest BCUT2D eigenvalue weighted by atomic mass is 10.3. The van der Waals surface area contributed by atoms with E-state index >= 15 is 0 Å². The van der Waals surface area contributed by atoms with Crippen molar-refractivity contribution in [3.63, 3.8) is 0 Å². The first kappa shape index (κ1) is 8.94. The number of rotatable bonds is 1. The molecular weight excluding hydrogens is 178 g/mol. The van der Waals surface area contributed by atoms with Crippen molar-refractivity contribution in [3.8, 4) is 12.3 Å². The topological polar surface area (TPSA) is 57.6 Å². The largest absolute Gasteiger partial charge is 0.480 e. The van der Waals surface area contributed by atoms with Gasteiger partial charge in [-0.2, -0.15) is 0 Å². The summed E-state index contributed by atoms with van der Waals surface area (Å²) in [5, 5.41) is 8.65. The van der Waals surface area contributed by atoms with Crippen LogP contribution in [-0.2, 0) is 9.59 Å². The maximum absolute atomic E-state index is 10.9. The predicted molar refractivity (Wildman–Crippen MR) is 44.4 cm³/mol. The van der Waals surface area contributed by atoms with Crippen LogP contribution < -0.4 is 0 Å². The molecule has 1 aliphatic rings. The Bertz CT molecular complexity index is 258. The smallest absolute Gasteiger partial charge is 0.327 e. The Morgan fingerprint density at radius 2 is 2.33 bits per heavy atom. The number of aliphatic carboxylic acids is 1. The molecule has 4 nitrogen and oxygen atoms in total. The van der Waals surface area contributed by atoms with E-state index in [-0.39, 0.29) is 0 Å². The molecule has 5 heteroatoms. The van der Waals surface area contributed by atoms with Gasteiger partial charge in [0.05, 0.1) is 5.88 Å². The van der Waals surface area contributed by atoms with Gasteiger partial charge in [-0.15, -0.1) is 18.2 Å². The van der Waals surface area contributed by atoms with Crippen LogP contribution in [0.15, 0.2) is 0 Å². The standard InChI is InChI=1S/C7H7NO3S/c1-2-6(9)8-4-12-3-5(8)7(10)11/h1,5H,3-4H2,(H,10,11)/t5-/m0/s1. The van der Waals surface area contributed by atoms with Crippen molar-refractivity contribution in [1.82, 2.24) is 4.90 Å². The van der Waals surface area contributed by atoms with E-state index in [2.05, 4.69) is 0 Å². The number of terminal acetylenes is 1. The Morgan fingerprint density at radius 1 is 1.67 bits per heavy atom. The van der Waals surface area contributed by atoms with Gasteiger partial charge in [0.2, 0.25) is 0 Å². The third kappa shape index (κ3) is 1.53. The molecular formula is C7H7NO3S. The Labute approximate surface area is 73.9 Å². The van der Waals surface area contributed by atoms with E-state index < -0.39 is 17.9 Å². The van der Waals surface area contributed by atoms with E-state index in [1.165, 1.54) is 16.7 Å². The molecule has 1 heterocycles. The molecule has 0 spiro atoms. The zero-order valence-electron chi connectivity index (χ0n) is 6.19. The summed E-state index contributed by atoms with van der Waals surface area (Å²) in [5.41, 5.74) is 0. The average molecular weight is 185 g/mol. The molecule has 1 saturated heterocycles. The number of carboxylic acid groups (broad SMARTS) is 1. The summed E-state index contributed by atoms with van der Waals surface area (Å²) in [6.45, 7) is 0.